The van der Waals surface area contributed by atoms with Crippen molar-refractivity contribution < 1.29 is 4.79 Å². The number of piperidine rings is 1. The van der Waals surface area contributed by atoms with Crippen LogP contribution in [-0.2, 0) is 17.6 Å². The van der Waals surface area contributed by atoms with E-state index in [4.69, 9.17) is 0 Å². The van der Waals surface area contributed by atoms with Gasteiger partial charge in [0.05, 0.1) is 0 Å². The average molecular weight is 398 g/mol. The van der Waals surface area contributed by atoms with Crippen molar-refractivity contribution in [3.8, 4) is 0 Å². The fourth-order valence-corrected chi connectivity index (χ4v) is 4.48. The number of guanidine groups is 1. The molecule has 1 aromatic rings. The lowest BCUT2D eigenvalue weighted by Gasteiger charge is -2.34. The second-order valence-corrected chi connectivity index (χ2v) is 8.99. The van der Waals surface area contributed by atoms with Gasteiger partial charge in [-0.2, -0.15) is 0 Å². The van der Waals surface area contributed by atoms with E-state index < -0.39 is 0 Å². The number of rotatable bonds is 5. The number of fused-ring (bicyclic) bond motifs is 1. The normalized spacial score (nSPS) is 23.4. The third-order valence-corrected chi connectivity index (χ3v) is 6.49. The van der Waals surface area contributed by atoms with Crippen LogP contribution in [0.1, 0.15) is 43.2 Å². The number of likely N-dealkylation sites (tertiary alicyclic amines) is 1. The van der Waals surface area contributed by atoms with E-state index in [1.807, 2.05) is 0 Å². The highest BCUT2D eigenvalue weighted by atomic mass is 16.2. The number of hydrogen-bond acceptors (Lipinski definition) is 3. The van der Waals surface area contributed by atoms with Gasteiger partial charge in [-0.1, -0.05) is 24.3 Å². The topological polar surface area (TPSA) is 60.0 Å². The number of aliphatic imine (C=N–C) groups is 1. The summed E-state index contributed by atoms with van der Waals surface area (Å²) in [7, 11) is 3.56. The fourth-order valence-electron chi connectivity index (χ4n) is 4.48. The minimum atomic E-state index is 0.0312. The summed E-state index contributed by atoms with van der Waals surface area (Å²) in [4.78, 5) is 21.0. The molecule has 1 aliphatic heterocycles. The van der Waals surface area contributed by atoms with Crippen molar-refractivity contribution >= 4 is 11.9 Å². The largest absolute Gasteiger partial charge is 0.354 e. The van der Waals surface area contributed by atoms with Gasteiger partial charge in [-0.25, -0.2) is 4.99 Å². The lowest BCUT2D eigenvalue weighted by Crippen LogP contribution is -2.52. The number of carbonyl (C=O) groups is 1. The van der Waals surface area contributed by atoms with Crippen molar-refractivity contribution in [3.05, 3.63) is 35.4 Å². The zero-order valence-corrected chi connectivity index (χ0v) is 17.9. The summed E-state index contributed by atoms with van der Waals surface area (Å²) >= 11 is 0. The Morgan fingerprint density at radius 3 is 2.41 bits per heavy atom. The Balaban J connectivity index is 1.37. The molecule has 6 nitrogen and oxygen atoms in total. The van der Waals surface area contributed by atoms with E-state index >= 15 is 0 Å². The summed E-state index contributed by atoms with van der Waals surface area (Å²) < 4.78 is 0. The van der Waals surface area contributed by atoms with E-state index in [-0.39, 0.29) is 12.5 Å². The standard InChI is InChI=1S/C23H35N5O/c1-27(2)22(29)16-24-23(25-19-11-13-28(14-12-19)21-9-10-21)26-20-8-7-17-5-3-4-6-18(17)15-20/h3-6,19-21H,7-16H2,1-2H3,(H2,24,25,26). The van der Waals surface area contributed by atoms with E-state index in [1.165, 1.54) is 37.1 Å². The van der Waals surface area contributed by atoms with Crippen LogP contribution in [0.2, 0.25) is 0 Å². The van der Waals surface area contributed by atoms with Gasteiger partial charge in [0.25, 0.3) is 0 Å². The summed E-state index contributed by atoms with van der Waals surface area (Å²) in [6, 6.07) is 10.4. The van der Waals surface area contributed by atoms with Gasteiger partial charge >= 0.3 is 0 Å². The molecule has 1 saturated carbocycles. The maximum absolute atomic E-state index is 12.1. The van der Waals surface area contributed by atoms with Crippen LogP contribution in [-0.4, -0.2) is 73.5 Å². The van der Waals surface area contributed by atoms with Crippen LogP contribution in [0.4, 0.5) is 0 Å². The first kappa shape index (κ1) is 20.2. The number of nitrogens with one attached hydrogen (secondary N) is 2. The van der Waals surface area contributed by atoms with Crippen LogP contribution in [0.3, 0.4) is 0 Å². The maximum Gasteiger partial charge on any atom is 0.243 e. The van der Waals surface area contributed by atoms with Gasteiger partial charge in [-0.3, -0.25) is 4.79 Å². The number of nitrogens with zero attached hydrogens (tertiary/aromatic N) is 3. The summed E-state index contributed by atoms with van der Waals surface area (Å²) in [5.41, 5.74) is 2.89. The molecule has 1 unspecified atom stereocenters. The molecule has 1 heterocycles. The monoisotopic (exact) mass is 397 g/mol. The van der Waals surface area contributed by atoms with E-state index in [2.05, 4.69) is 44.8 Å². The molecule has 0 spiro atoms. The molecule has 29 heavy (non-hydrogen) atoms. The second-order valence-electron chi connectivity index (χ2n) is 8.99. The van der Waals surface area contributed by atoms with Gasteiger partial charge in [0, 0.05) is 45.3 Å². The van der Waals surface area contributed by atoms with Gasteiger partial charge in [0.2, 0.25) is 5.91 Å². The Labute approximate surface area is 174 Å². The van der Waals surface area contributed by atoms with E-state index in [0.29, 0.717) is 12.1 Å². The second kappa shape index (κ2) is 9.16. The number of likely N-dealkylation sites (N-methyl/N-ethyl adjacent to an activating group) is 1. The molecule has 1 amide bonds. The zero-order chi connectivity index (χ0) is 20.2. The summed E-state index contributed by atoms with van der Waals surface area (Å²) in [5, 5.41) is 7.28. The zero-order valence-electron chi connectivity index (χ0n) is 17.9. The van der Waals surface area contributed by atoms with Gasteiger partial charge in [-0.05, 0) is 56.1 Å². The van der Waals surface area contributed by atoms with Crippen LogP contribution in [0, 0.1) is 0 Å². The van der Waals surface area contributed by atoms with Crippen molar-refractivity contribution in [1.82, 2.24) is 20.4 Å². The quantitative estimate of drug-likeness (QED) is 0.588. The molecule has 0 aromatic heterocycles. The first-order chi connectivity index (χ1) is 14.1. The molecule has 1 aromatic carbocycles. The number of hydrogen-bond donors (Lipinski definition) is 2. The molecule has 1 saturated heterocycles. The highest BCUT2D eigenvalue weighted by Crippen LogP contribution is 2.29. The summed E-state index contributed by atoms with van der Waals surface area (Å²) in [6.07, 6.45) is 8.25. The van der Waals surface area contributed by atoms with Crippen molar-refractivity contribution in [1.29, 1.82) is 0 Å². The van der Waals surface area contributed by atoms with Crippen LogP contribution in [0.5, 0.6) is 0 Å². The van der Waals surface area contributed by atoms with Crippen molar-refractivity contribution in [2.75, 3.05) is 33.7 Å². The Morgan fingerprint density at radius 2 is 1.72 bits per heavy atom. The first-order valence-corrected chi connectivity index (χ1v) is 11.2. The molecular formula is C23H35N5O. The van der Waals surface area contributed by atoms with Crippen LogP contribution < -0.4 is 10.6 Å². The molecule has 3 aliphatic rings. The molecule has 0 radical (unpaired) electrons. The third kappa shape index (κ3) is 5.50. The first-order valence-electron chi connectivity index (χ1n) is 11.2. The molecule has 4 rings (SSSR count). The van der Waals surface area contributed by atoms with Gasteiger partial charge in [0.15, 0.2) is 5.96 Å². The maximum atomic E-state index is 12.1. The minimum absolute atomic E-state index is 0.0312. The lowest BCUT2D eigenvalue weighted by molar-refractivity contribution is -0.127. The molecular weight excluding hydrogens is 362 g/mol. The average Bonchev–Trinajstić information content (AvgIpc) is 3.57. The lowest BCUT2D eigenvalue weighted by atomic mass is 9.88. The van der Waals surface area contributed by atoms with E-state index in [1.54, 1.807) is 19.0 Å². The predicted octanol–water partition coefficient (Wildman–Crippen LogP) is 1.79. The van der Waals surface area contributed by atoms with E-state index in [0.717, 1.165) is 44.1 Å². The minimum Gasteiger partial charge on any atom is -0.354 e. The summed E-state index contributed by atoms with van der Waals surface area (Å²) in [5.74, 6) is 0.832. The molecule has 2 aliphatic carbocycles. The van der Waals surface area contributed by atoms with Crippen molar-refractivity contribution in [3.63, 3.8) is 0 Å². The number of amides is 1. The van der Waals surface area contributed by atoms with Crippen LogP contribution in [0.15, 0.2) is 29.3 Å². The fraction of sp³-hybridized carbons (Fsp3) is 0.652. The highest BCUT2D eigenvalue weighted by Gasteiger charge is 2.32. The van der Waals surface area contributed by atoms with Crippen molar-refractivity contribution in [2.24, 2.45) is 4.99 Å². The Hall–Kier alpha value is -2.08. The highest BCUT2D eigenvalue weighted by molar-refractivity contribution is 5.85. The molecule has 2 N–H and O–H groups in total. The number of benzene rings is 1. The smallest absolute Gasteiger partial charge is 0.243 e. The predicted molar refractivity (Wildman–Crippen MR) is 117 cm³/mol. The Morgan fingerprint density at radius 1 is 1.03 bits per heavy atom. The number of aryl methyl sites for hydroxylation is 1. The number of carbonyl (C=O) groups excluding carboxylic acids is 1. The molecule has 1 atom stereocenters. The third-order valence-electron chi connectivity index (χ3n) is 6.49. The van der Waals surface area contributed by atoms with Gasteiger partial charge in [-0.15, -0.1) is 0 Å². The van der Waals surface area contributed by atoms with Crippen molar-refractivity contribution in [2.45, 2.75) is 63.1 Å². The van der Waals surface area contributed by atoms with Crippen LogP contribution in [0.25, 0.3) is 0 Å². The SMILES string of the molecule is CN(C)C(=O)CN=C(NC1CCN(C2CC2)CC1)NC1CCc2ccccc2C1. The molecule has 2 fully saturated rings. The van der Waals surface area contributed by atoms with Crippen LogP contribution >= 0.6 is 0 Å². The Kier molecular flexibility index (Phi) is 6.38. The molecule has 158 valence electrons. The van der Waals surface area contributed by atoms with Gasteiger partial charge in [0.1, 0.15) is 6.54 Å². The summed E-state index contributed by atoms with van der Waals surface area (Å²) in [6.45, 7) is 2.53. The molecule has 0 bridgehead atoms. The molecule has 6 heteroatoms. The van der Waals surface area contributed by atoms with E-state index in [9.17, 15) is 4.79 Å². The Bertz CT molecular complexity index is 735. The van der Waals surface area contributed by atoms with Gasteiger partial charge < -0.3 is 20.4 Å².